The topological polar surface area (TPSA) is 80.0 Å². The number of hydrogen-bond donors (Lipinski definition) is 1. The van der Waals surface area contributed by atoms with Gasteiger partial charge in [-0.25, -0.2) is 4.39 Å². The number of benzene rings is 1. The number of aryl methyl sites for hydroxylation is 1. The minimum atomic E-state index is -0.844. The Morgan fingerprint density at radius 3 is 2.75 bits per heavy atom. The summed E-state index contributed by atoms with van der Waals surface area (Å²) in [5.41, 5.74) is 2.50. The molecule has 0 amide bonds. The first-order valence-electron chi connectivity index (χ1n) is 11.4. The maximum absolute atomic E-state index is 14.1. The van der Waals surface area contributed by atoms with E-state index in [0.717, 1.165) is 19.5 Å². The second-order valence-corrected chi connectivity index (χ2v) is 8.99. The molecule has 1 atom stereocenters. The van der Waals surface area contributed by atoms with Gasteiger partial charge in [-0.05, 0) is 45.3 Å². The molecule has 1 aromatic carbocycles. The van der Waals surface area contributed by atoms with E-state index in [0.29, 0.717) is 50.0 Å². The highest BCUT2D eigenvalue weighted by Crippen LogP contribution is 2.39. The van der Waals surface area contributed by atoms with Crippen LogP contribution in [0.1, 0.15) is 55.8 Å². The predicted octanol–water partition coefficient (Wildman–Crippen LogP) is 3.99. The molecule has 0 aliphatic carbocycles. The molecule has 2 aromatic rings. The van der Waals surface area contributed by atoms with E-state index >= 15 is 0 Å². The molecule has 1 N–H and O–H groups in total. The number of oxime groups is 1. The Balaban J connectivity index is 1.36. The molecule has 3 heterocycles. The third kappa shape index (κ3) is 4.55. The SMILES string of the molecule is CCCn1ncc(CN2CCC(C[C@H]3CC(c4ccccc4F)=NO3)(C(=O)O)CC2)c1C. The number of carbonyl (C=O) groups is 1. The molecule has 0 saturated carbocycles. The van der Waals surface area contributed by atoms with E-state index in [1.165, 1.54) is 17.3 Å². The summed E-state index contributed by atoms with van der Waals surface area (Å²) in [5.74, 6) is -1.12. The lowest BCUT2D eigenvalue weighted by molar-refractivity contribution is -0.155. The Hall–Kier alpha value is -2.74. The first kappa shape index (κ1) is 22.5. The van der Waals surface area contributed by atoms with Gasteiger partial charge in [0.15, 0.2) is 0 Å². The minimum Gasteiger partial charge on any atom is -0.481 e. The lowest BCUT2D eigenvalue weighted by Gasteiger charge is -2.39. The van der Waals surface area contributed by atoms with Crippen LogP contribution in [-0.4, -0.2) is 50.7 Å². The van der Waals surface area contributed by atoms with Crippen molar-refractivity contribution >= 4 is 11.7 Å². The average Bonchev–Trinajstić information content (AvgIpc) is 3.37. The van der Waals surface area contributed by atoms with Crippen molar-refractivity contribution in [3.05, 3.63) is 53.1 Å². The van der Waals surface area contributed by atoms with Gasteiger partial charge in [0.25, 0.3) is 0 Å². The summed E-state index contributed by atoms with van der Waals surface area (Å²) in [4.78, 5) is 20.1. The highest BCUT2D eigenvalue weighted by atomic mass is 19.1. The molecule has 2 aliphatic heterocycles. The lowest BCUT2D eigenvalue weighted by Crippen LogP contribution is -2.45. The highest BCUT2D eigenvalue weighted by Gasteiger charge is 2.45. The molecule has 0 radical (unpaired) electrons. The Morgan fingerprint density at radius 2 is 2.06 bits per heavy atom. The van der Waals surface area contributed by atoms with E-state index < -0.39 is 11.4 Å². The third-order valence-electron chi connectivity index (χ3n) is 6.84. The van der Waals surface area contributed by atoms with Crippen LogP contribution in [0.2, 0.25) is 0 Å². The first-order valence-corrected chi connectivity index (χ1v) is 11.4. The Bertz CT molecular complexity index is 995. The average molecular weight is 443 g/mol. The highest BCUT2D eigenvalue weighted by molar-refractivity contribution is 6.01. The van der Waals surface area contributed by atoms with Gasteiger partial charge in [-0.15, -0.1) is 0 Å². The van der Waals surface area contributed by atoms with Crippen LogP contribution in [0.4, 0.5) is 4.39 Å². The molecule has 0 unspecified atom stereocenters. The number of carboxylic acids is 1. The summed E-state index contributed by atoms with van der Waals surface area (Å²) in [6, 6.07) is 6.47. The molecule has 0 bridgehead atoms. The first-order chi connectivity index (χ1) is 15.4. The van der Waals surface area contributed by atoms with Crippen molar-refractivity contribution in [2.45, 2.75) is 65.1 Å². The van der Waals surface area contributed by atoms with E-state index in [1.807, 2.05) is 10.9 Å². The summed E-state index contributed by atoms with van der Waals surface area (Å²) in [7, 11) is 0. The quantitative estimate of drug-likeness (QED) is 0.669. The molecule has 2 aliphatic rings. The van der Waals surface area contributed by atoms with Gasteiger partial charge in [-0.1, -0.05) is 30.3 Å². The largest absolute Gasteiger partial charge is 0.481 e. The van der Waals surface area contributed by atoms with E-state index in [1.54, 1.807) is 18.2 Å². The zero-order valence-electron chi connectivity index (χ0n) is 18.8. The molecule has 0 spiro atoms. The second-order valence-electron chi connectivity index (χ2n) is 8.99. The van der Waals surface area contributed by atoms with Crippen molar-refractivity contribution in [1.29, 1.82) is 0 Å². The van der Waals surface area contributed by atoms with Crippen LogP contribution < -0.4 is 0 Å². The van der Waals surface area contributed by atoms with Crippen molar-refractivity contribution in [2.24, 2.45) is 10.6 Å². The normalized spacial score (nSPS) is 20.7. The summed E-state index contributed by atoms with van der Waals surface area (Å²) in [6.07, 6.45) is 4.54. The summed E-state index contributed by atoms with van der Waals surface area (Å²) < 4.78 is 16.1. The van der Waals surface area contributed by atoms with Gasteiger partial charge in [-0.3, -0.25) is 14.4 Å². The second kappa shape index (κ2) is 9.40. The van der Waals surface area contributed by atoms with E-state index in [4.69, 9.17) is 4.84 Å². The number of hydrogen-bond acceptors (Lipinski definition) is 5. The fourth-order valence-electron chi connectivity index (χ4n) is 4.79. The van der Waals surface area contributed by atoms with Crippen LogP contribution in [0.5, 0.6) is 0 Å². The molecule has 1 aromatic heterocycles. The zero-order valence-corrected chi connectivity index (χ0v) is 18.8. The van der Waals surface area contributed by atoms with Crippen molar-refractivity contribution in [3.63, 3.8) is 0 Å². The number of rotatable bonds is 8. The van der Waals surface area contributed by atoms with Gasteiger partial charge in [-0.2, -0.15) is 5.10 Å². The molecule has 8 heteroatoms. The molecular formula is C24H31FN4O3. The van der Waals surface area contributed by atoms with E-state index in [-0.39, 0.29) is 11.9 Å². The van der Waals surface area contributed by atoms with Crippen molar-refractivity contribution in [1.82, 2.24) is 14.7 Å². The maximum atomic E-state index is 14.1. The number of likely N-dealkylation sites (tertiary alicyclic amines) is 1. The molecule has 32 heavy (non-hydrogen) atoms. The van der Waals surface area contributed by atoms with Crippen LogP contribution in [0.3, 0.4) is 0 Å². The fraction of sp³-hybridized carbons (Fsp3) is 0.542. The lowest BCUT2D eigenvalue weighted by atomic mass is 9.73. The van der Waals surface area contributed by atoms with Crippen molar-refractivity contribution in [3.8, 4) is 0 Å². The molecule has 4 rings (SSSR count). The monoisotopic (exact) mass is 442 g/mol. The molecule has 1 fully saturated rings. The van der Waals surface area contributed by atoms with Crippen molar-refractivity contribution in [2.75, 3.05) is 13.1 Å². The summed E-state index contributed by atoms with van der Waals surface area (Å²) in [6.45, 7) is 7.33. The molecular weight excluding hydrogens is 411 g/mol. The van der Waals surface area contributed by atoms with Crippen LogP contribution in [0, 0.1) is 18.2 Å². The number of aromatic nitrogens is 2. The Labute approximate surface area is 187 Å². The Kier molecular flexibility index (Phi) is 6.60. The standard InChI is InChI=1S/C24H31FN4O3/c1-3-10-29-17(2)18(15-26-29)16-28-11-8-24(9-12-28,23(30)31)14-19-13-22(27-32-19)20-6-4-5-7-21(20)25/h4-7,15,19H,3,8-14,16H2,1-2H3,(H,30,31)/t19-/m1/s1. The van der Waals surface area contributed by atoms with E-state index in [2.05, 4.69) is 29.0 Å². The number of nitrogens with zero attached hydrogens (tertiary/aromatic N) is 4. The van der Waals surface area contributed by atoms with Gasteiger partial charge in [0.05, 0.1) is 17.3 Å². The van der Waals surface area contributed by atoms with Gasteiger partial charge >= 0.3 is 5.97 Å². The van der Waals surface area contributed by atoms with Crippen LogP contribution in [0.25, 0.3) is 0 Å². The minimum absolute atomic E-state index is 0.339. The molecule has 7 nitrogen and oxygen atoms in total. The van der Waals surface area contributed by atoms with Crippen LogP contribution in [-0.2, 0) is 22.7 Å². The number of piperidine rings is 1. The van der Waals surface area contributed by atoms with Gasteiger partial charge in [0.2, 0.25) is 0 Å². The Morgan fingerprint density at radius 1 is 1.31 bits per heavy atom. The van der Waals surface area contributed by atoms with Gasteiger partial charge < -0.3 is 9.94 Å². The number of halogens is 1. The number of aliphatic carboxylic acids is 1. The molecule has 1 saturated heterocycles. The van der Waals surface area contributed by atoms with Crippen LogP contribution >= 0.6 is 0 Å². The van der Waals surface area contributed by atoms with Crippen LogP contribution in [0.15, 0.2) is 35.6 Å². The molecule has 172 valence electrons. The van der Waals surface area contributed by atoms with Gasteiger partial charge in [0, 0.05) is 42.8 Å². The van der Waals surface area contributed by atoms with Gasteiger partial charge in [0.1, 0.15) is 11.9 Å². The summed E-state index contributed by atoms with van der Waals surface area (Å²) >= 11 is 0. The zero-order chi connectivity index (χ0) is 22.7. The number of carboxylic acid groups (broad SMARTS) is 1. The smallest absolute Gasteiger partial charge is 0.309 e. The third-order valence-corrected chi connectivity index (χ3v) is 6.84. The predicted molar refractivity (Wildman–Crippen MR) is 119 cm³/mol. The summed E-state index contributed by atoms with van der Waals surface area (Å²) in [5, 5.41) is 18.6. The maximum Gasteiger partial charge on any atom is 0.309 e. The van der Waals surface area contributed by atoms with E-state index in [9.17, 15) is 14.3 Å². The fourth-order valence-corrected chi connectivity index (χ4v) is 4.79. The van der Waals surface area contributed by atoms with Crippen molar-refractivity contribution < 1.29 is 19.1 Å².